The SMILES string of the molecule is NCc1cc(C(O)c2cc(CN)on2)no1. The van der Waals surface area contributed by atoms with Crippen LogP contribution in [0.25, 0.3) is 0 Å². The molecule has 0 radical (unpaired) electrons. The van der Waals surface area contributed by atoms with Gasteiger partial charge in [-0.2, -0.15) is 0 Å². The maximum absolute atomic E-state index is 9.88. The van der Waals surface area contributed by atoms with Gasteiger partial charge in [0, 0.05) is 12.1 Å². The average molecular weight is 224 g/mol. The second kappa shape index (κ2) is 4.44. The van der Waals surface area contributed by atoms with Crippen LogP contribution in [0.1, 0.15) is 29.0 Å². The molecule has 0 saturated heterocycles. The van der Waals surface area contributed by atoms with Crippen LogP contribution < -0.4 is 11.5 Å². The molecule has 5 N–H and O–H groups in total. The highest BCUT2D eigenvalue weighted by Crippen LogP contribution is 2.21. The summed E-state index contributed by atoms with van der Waals surface area (Å²) in [6.07, 6.45) is -0.993. The molecule has 0 amide bonds. The quantitative estimate of drug-likeness (QED) is 0.648. The molecule has 0 aliphatic rings. The summed E-state index contributed by atoms with van der Waals surface area (Å²) < 4.78 is 9.74. The van der Waals surface area contributed by atoms with Crippen molar-refractivity contribution in [2.45, 2.75) is 19.2 Å². The minimum atomic E-state index is -0.993. The molecule has 86 valence electrons. The molecule has 2 rings (SSSR count). The zero-order valence-electron chi connectivity index (χ0n) is 8.46. The minimum absolute atomic E-state index is 0.229. The Balaban J connectivity index is 2.20. The molecule has 0 aliphatic carbocycles. The van der Waals surface area contributed by atoms with E-state index in [-0.39, 0.29) is 13.1 Å². The lowest BCUT2D eigenvalue weighted by Crippen LogP contribution is -2.00. The molecule has 0 atom stereocenters. The van der Waals surface area contributed by atoms with Gasteiger partial charge < -0.3 is 25.6 Å². The Labute approximate surface area is 91.0 Å². The molecule has 2 aromatic rings. The van der Waals surface area contributed by atoms with Crippen molar-refractivity contribution in [3.8, 4) is 0 Å². The molecule has 0 unspecified atom stereocenters. The molecule has 0 spiro atoms. The van der Waals surface area contributed by atoms with E-state index in [1.807, 2.05) is 0 Å². The highest BCUT2D eigenvalue weighted by molar-refractivity contribution is 5.19. The Morgan fingerprint density at radius 3 is 1.81 bits per heavy atom. The van der Waals surface area contributed by atoms with Gasteiger partial charge in [0.25, 0.3) is 0 Å². The Bertz CT molecular complexity index is 423. The first-order valence-corrected chi connectivity index (χ1v) is 4.73. The van der Waals surface area contributed by atoms with Crippen molar-refractivity contribution < 1.29 is 14.2 Å². The summed E-state index contributed by atoms with van der Waals surface area (Å²) in [6, 6.07) is 3.14. The Kier molecular flexibility index (Phi) is 3.00. The van der Waals surface area contributed by atoms with Gasteiger partial charge in [-0.15, -0.1) is 0 Å². The van der Waals surface area contributed by atoms with E-state index in [1.54, 1.807) is 12.1 Å². The Morgan fingerprint density at radius 2 is 1.50 bits per heavy atom. The molecule has 0 bridgehead atoms. The molecule has 0 saturated carbocycles. The van der Waals surface area contributed by atoms with E-state index >= 15 is 0 Å². The van der Waals surface area contributed by atoms with Gasteiger partial charge in [-0.3, -0.25) is 0 Å². The topological polar surface area (TPSA) is 124 Å². The zero-order valence-corrected chi connectivity index (χ0v) is 8.46. The summed E-state index contributed by atoms with van der Waals surface area (Å²) in [5.74, 6) is 0.994. The first-order valence-electron chi connectivity index (χ1n) is 4.73. The maximum Gasteiger partial charge on any atom is 0.150 e. The number of nitrogens with zero attached hydrogens (tertiary/aromatic N) is 2. The predicted molar refractivity (Wildman–Crippen MR) is 52.9 cm³/mol. The van der Waals surface area contributed by atoms with Gasteiger partial charge in [0.05, 0.1) is 13.1 Å². The molecule has 2 aromatic heterocycles. The molecular formula is C9H12N4O3. The number of nitrogens with two attached hydrogens (primary N) is 2. The average Bonchev–Trinajstić information content (AvgIpc) is 2.97. The van der Waals surface area contributed by atoms with E-state index in [2.05, 4.69) is 10.3 Å². The van der Waals surface area contributed by atoms with Crippen molar-refractivity contribution in [1.82, 2.24) is 10.3 Å². The molecule has 2 heterocycles. The Hall–Kier alpha value is -1.70. The molecular weight excluding hydrogens is 212 g/mol. The van der Waals surface area contributed by atoms with Crippen LogP contribution in [0, 0.1) is 0 Å². The molecule has 7 heteroatoms. The van der Waals surface area contributed by atoms with Gasteiger partial charge in [0.15, 0.2) is 11.5 Å². The minimum Gasteiger partial charge on any atom is -0.380 e. The normalized spacial score (nSPS) is 11.2. The fraction of sp³-hybridized carbons (Fsp3) is 0.333. The number of hydrogen-bond acceptors (Lipinski definition) is 7. The summed E-state index contributed by atoms with van der Waals surface area (Å²) in [5, 5.41) is 17.2. The van der Waals surface area contributed by atoms with Crippen molar-refractivity contribution in [1.29, 1.82) is 0 Å². The van der Waals surface area contributed by atoms with Crippen LogP contribution in [0.4, 0.5) is 0 Å². The smallest absolute Gasteiger partial charge is 0.150 e. The standard InChI is InChI=1S/C9H12N4O3/c10-3-5-1-7(12-15-5)9(14)8-2-6(4-11)16-13-8/h1-2,9,14H,3-4,10-11H2. The van der Waals surface area contributed by atoms with Crippen LogP contribution in [-0.2, 0) is 13.1 Å². The summed E-state index contributed by atoms with van der Waals surface area (Å²) in [4.78, 5) is 0. The number of aliphatic hydroxyl groups is 1. The van der Waals surface area contributed by atoms with E-state index < -0.39 is 6.10 Å². The summed E-state index contributed by atoms with van der Waals surface area (Å²) in [5.41, 5.74) is 11.4. The lowest BCUT2D eigenvalue weighted by molar-refractivity contribution is 0.196. The first-order chi connectivity index (χ1) is 7.74. The summed E-state index contributed by atoms with van der Waals surface area (Å²) in [6.45, 7) is 0.458. The number of aromatic nitrogens is 2. The largest absolute Gasteiger partial charge is 0.380 e. The molecule has 16 heavy (non-hydrogen) atoms. The van der Waals surface area contributed by atoms with E-state index in [4.69, 9.17) is 20.5 Å². The third-order valence-electron chi connectivity index (χ3n) is 2.12. The van der Waals surface area contributed by atoms with E-state index in [9.17, 15) is 5.11 Å². The first kappa shape index (κ1) is 10.8. The molecule has 7 nitrogen and oxygen atoms in total. The van der Waals surface area contributed by atoms with Crippen molar-refractivity contribution >= 4 is 0 Å². The fourth-order valence-electron chi connectivity index (χ4n) is 1.26. The highest BCUT2D eigenvalue weighted by atomic mass is 16.5. The number of aliphatic hydroxyl groups excluding tert-OH is 1. The highest BCUT2D eigenvalue weighted by Gasteiger charge is 2.19. The van der Waals surface area contributed by atoms with Crippen molar-refractivity contribution in [3.05, 3.63) is 35.0 Å². The van der Waals surface area contributed by atoms with Gasteiger partial charge in [-0.1, -0.05) is 10.3 Å². The van der Waals surface area contributed by atoms with Crippen molar-refractivity contribution in [3.63, 3.8) is 0 Å². The summed E-state index contributed by atoms with van der Waals surface area (Å²) in [7, 11) is 0. The summed E-state index contributed by atoms with van der Waals surface area (Å²) >= 11 is 0. The van der Waals surface area contributed by atoms with Gasteiger partial charge in [-0.25, -0.2) is 0 Å². The van der Waals surface area contributed by atoms with E-state index in [0.29, 0.717) is 22.9 Å². The second-order valence-corrected chi connectivity index (χ2v) is 3.25. The van der Waals surface area contributed by atoms with Crippen LogP contribution in [0.2, 0.25) is 0 Å². The Morgan fingerprint density at radius 1 is 1.06 bits per heavy atom. The number of hydrogen-bond donors (Lipinski definition) is 3. The molecule has 0 aromatic carbocycles. The lowest BCUT2D eigenvalue weighted by Gasteiger charge is -1.99. The van der Waals surface area contributed by atoms with E-state index in [1.165, 1.54) is 0 Å². The lowest BCUT2D eigenvalue weighted by atomic mass is 10.1. The second-order valence-electron chi connectivity index (χ2n) is 3.25. The predicted octanol–water partition coefficient (Wildman–Crippen LogP) is -0.338. The van der Waals surface area contributed by atoms with Gasteiger partial charge >= 0.3 is 0 Å². The van der Waals surface area contributed by atoms with Gasteiger partial charge in [-0.05, 0) is 0 Å². The third-order valence-corrected chi connectivity index (χ3v) is 2.12. The third kappa shape index (κ3) is 1.96. The van der Waals surface area contributed by atoms with Gasteiger partial charge in [0.2, 0.25) is 0 Å². The maximum atomic E-state index is 9.88. The van der Waals surface area contributed by atoms with Crippen LogP contribution >= 0.6 is 0 Å². The van der Waals surface area contributed by atoms with Crippen LogP contribution in [-0.4, -0.2) is 15.4 Å². The fourth-order valence-corrected chi connectivity index (χ4v) is 1.26. The molecule has 0 aliphatic heterocycles. The van der Waals surface area contributed by atoms with Gasteiger partial charge in [0.1, 0.15) is 17.5 Å². The van der Waals surface area contributed by atoms with Crippen LogP contribution in [0.5, 0.6) is 0 Å². The number of rotatable bonds is 4. The van der Waals surface area contributed by atoms with Crippen LogP contribution in [0.3, 0.4) is 0 Å². The zero-order chi connectivity index (χ0) is 11.5. The molecule has 0 fully saturated rings. The van der Waals surface area contributed by atoms with E-state index in [0.717, 1.165) is 0 Å². The van der Waals surface area contributed by atoms with Crippen molar-refractivity contribution in [2.24, 2.45) is 11.5 Å². The van der Waals surface area contributed by atoms with Crippen molar-refractivity contribution in [2.75, 3.05) is 0 Å². The van der Waals surface area contributed by atoms with Crippen LogP contribution in [0.15, 0.2) is 21.2 Å². The monoisotopic (exact) mass is 224 g/mol.